The van der Waals surface area contributed by atoms with Gasteiger partial charge in [-0.05, 0) is 45.0 Å². The number of halogens is 2. The molecule has 1 aliphatic heterocycles. The van der Waals surface area contributed by atoms with Crippen molar-refractivity contribution in [2.75, 3.05) is 20.1 Å². The lowest BCUT2D eigenvalue weighted by Crippen LogP contribution is -2.48. The monoisotopic (exact) mass is 357 g/mol. The number of carbonyl (C=O) groups is 2. The summed E-state index contributed by atoms with van der Waals surface area (Å²) < 4.78 is 0. The van der Waals surface area contributed by atoms with E-state index in [1.54, 1.807) is 23.1 Å². The minimum absolute atomic E-state index is 0.113. The molecule has 2 rings (SSSR count). The molecule has 2 atom stereocenters. The van der Waals surface area contributed by atoms with Crippen molar-refractivity contribution >= 4 is 35.0 Å². The van der Waals surface area contributed by atoms with Gasteiger partial charge in [-0.1, -0.05) is 23.2 Å². The van der Waals surface area contributed by atoms with Crippen LogP contribution in [0.15, 0.2) is 18.2 Å². The Balaban J connectivity index is 2.06. The summed E-state index contributed by atoms with van der Waals surface area (Å²) in [7, 11) is 1.84. The first kappa shape index (κ1) is 18.0. The summed E-state index contributed by atoms with van der Waals surface area (Å²) in [6, 6.07) is 4.52. The highest BCUT2D eigenvalue weighted by Crippen LogP contribution is 2.25. The van der Waals surface area contributed by atoms with Gasteiger partial charge in [0, 0.05) is 24.7 Å². The van der Waals surface area contributed by atoms with E-state index in [1.165, 1.54) is 0 Å². The summed E-state index contributed by atoms with van der Waals surface area (Å²) in [5, 5.41) is 6.69. The highest BCUT2D eigenvalue weighted by molar-refractivity contribution is 6.42. The van der Waals surface area contributed by atoms with E-state index in [1.807, 2.05) is 14.0 Å². The van der Waals surface area contributed by atoms with Gasteiger partial charge in [-0.3, -0.25) is 9.59 Å². The van der Waals surface area contributed by atoms with E-state index in [0.29, 0.717) is 35.1 Å². The lowest BCUT2D eigenvalue weighted by molar-refractivity contribution is -0.124. The van der Waals surface area contributed by atoms with Crippen LogP contribution in [0.2, 0.25) is 10.0 Å². The zero-order valence-corrected chi connectivity index (χ0v) is 14.7. The molecule has 5 nitrogen and oxygen atoms in total. The Kier molecular flexibility index (Phi) is 6.27. The van der Waals surface area contributed by atoms with Crippen molar-refractivity contribution in [1.29, 1.82) is 0 Å². The van der Waals surface area contributed by atoms with E-state index >= 15 is 0 Å². The van der Waals surface area contributed by atoms with Gasteiger partial charge in [0.15, 0.2) is 0 Å². The summed E-state index contributed by atoms with van der Waals surface area (Å²) in [5.74, 6) is -0.305. The Morgan fingerprint density at radius 2 is 2.09 bits per heavy atom. The number of hydrogen-bond donors (Lipinski definition) is 2. The molecule has 0 aromatic heterocycles. The highest BCUT2D eigenvalue weighted by atomic mass is 35.5. The van der Waals surface area contributed by atoms with Gasteiger partial charge in [0.1, 0.15) is 6.04 Å². The molecule has 1 fully saturated rings. The van der Waals surface area contributed by atoms with Crippen LogP contribution in [0.25, 0.3) is 0 Å². The molecule has 1 heterocycles. The van der Waals surface area contributed by atoms with Gasteiger partial charge >= 0.3 is 0 Å². The van der Waals surface area contributed by atoms with E-state index in [0.717, 1.165) is 6.42 Å². The van der Waals surface area contributed by atoms with Crippen molar-refractivity contribution in [3.05, 3.63) is 33.8 Å². The third-order valence-corrected chi connectivity index (χ3v) is 4.80. The van der Waals surface area contributed by atoms with Crippen LogP contribution < -0.4 is 10.6 Å². The summed E-state index contributed by atoms with van der Waals surface area (Å²) in [4.78, 5) is 26.6. The van der Waals surface area contributed by atoms with Crippen LogP contribution in [0.3, 0.4) is 0 Å². The van der Waals surface area contributed by atoms with Gasteiger partial charge in [0.05, 0.1) is 10.0 Å². The third-order valence-electron chi connectivity index (χ3n) is 4.06. The van der Waals surface area contributed by atoms with Crippen LogP contribution >= 0.6 is 23.2 Å². The molecule has 0 aliphatic carbocycles. The van der Waals surface area contributed by atoms with E-state index in [2.05, 4.69) is 10.6 Å². The second kappa shape index (κ2) is 7.99. The molecule has 1 aromatic rings. The minimum atomic E-state index is -0.430. The van der Waals surface area contributed by atoms with Crippen LogP contribution in [0.5, 0.6) is 0 Å². The molecule has 23 heavy (non-hydrogen) atoms. The van der Waals surface area contributed by atoms with E-state index in [4.69, 9.17) is 23.2 Å². The van der Waals surface area contributed by atoms with Crippen molar-refractivity contribution in [3.63, 3.8) is 0 Å². The third kappa shape index (κ3) is 4.37. The van der Waals surface area contributed by atoms with Crippen molar-refractivity contribution in [2.24, 2.45) is 0 Å². The lowest BCUT2D eigenvalue weighted by atomic mass is 10.1. The number of amides is 2. The van der Waals surface area contributed by atoms with Gasteiger partial charge in [0.2, 0.25) is 5.91 Å². The molecule has 2 unspecified atom stereocenters. The highest BCUT2D eigenvalue weighted by Gasteiger charge is 2.34. The first-order valence-electron chi connectivity index (χ1n) is 7.65. The number of benzene rings is 1. The van der Waals surface area contributed by atoms with E-state index in [9.17, 15) is 9.59 Å². The number of likely N-dealkylation sites (N-methyl/N-ethyl adjacent to an activating group) is 1. The summed E-state index contributed by atoms with van der Waals surface area (Å²) in [6.07, 6.45) is 1.49. The number of nitrogens with zero attached hydrogens (tertiary/aromatic N) is 1. The maximum absolute atomic E-state index is 12.7. The Morgan fingerprint density at radius 1 is 1.35 bits per heavy atom. The molecule has 7 heteroatoms. The van der Waals surface area contributed by atoms with Crippen LogP contribution in [0.4, 0.5) is 0 Å². The maximum atomic E-state index is 12.7. The minimum Gasteiger partial charge on any atom is -0.353 e. The lowest BCUT2D eigenvalue weighted by Gasteiger charge is -2.25. The predicted molar refractivity (Wildman–Crippen MR) is 92.1 cm³/mol. The number of rotatable bonds is 5. The molecule has 0 radical (unpaired) electrons. The Morgan fingerprint density at radius 3 is 2.74 bits per heavy atom. The Labute approximate surface area is 146 Å². The number of nitrogens with one attached hydrogen (secondary N) is 2. The van der Waals surface area contributed by atoms with E-state index < -0.39 is 6.04 Å². The SMILES string of the molecule is CNC(C)CNC(=O)C1CCCN1C(=O)c1ccc(Cl)c(Cl)c1. The summed E-state index contributed by atoms with van der Waals surface area (Å²) >= 11 is 11.9. The van der Waals surface area contributed by atoms with Gasteiger partial charge < -0.3 is 15.5 Å². The van der Waals surface area contributed by atoms with Gasteiger partial charge in [-0.15, -0.1) is 0 Å². The molecule has 2 amide bonds. The second-order valence-electron chi connectivity index (χ2n) is 5.72. The number of likely N-dealkylation sites (tertiary alicyclic amines) is 1. The fourth-order valence-electron chi connectivity index (χ4n) is 2.55. The van der Waals surface area contributed by atoms with Crippen molar-refractivity contribution in [1.82, 2.24) is 15.5 Å². The molecule has 2 N–H and O–H groups in total. The molecule has 0 saturated carbocycles. The van der Waals surface area contributed by atoms with Crippen LogP contribution in [-0.2, 0) is 4.79 Å². The number of carbonyl (C=O) groups excluding carboxylic acids is 2. The predicted octanol–water partition coefficient (Wildman–Crippen LogP) is 2.32. The maximum Gasteiger partial charge on any atom is 0.254 e. The zero-order valence-electron chi connectivity index (χ0n) is 13.2. The standard InChI is InChI=1S/C16H21Cl2N3O2/c1-10(19-2)9-20-15(22)14-4-3-7-21(14)16(23)11-5-6-12(17)13(18)8-11/h5-6,8,10,14,19H,3-4,7,9H2,1-2H3,(H,20,22). The molecule has 1 saturated heterocycles. The Bertz CT molecular complexity index is 595. The smallest absolute Gasteiger partial charge is 0.254 e. The van der Waals surface area contributed by atoms with Gasteiger partial charge in [-0.25, -0.2) is 0 Å². The van der Waals surface area contributed by atoms with Crippen molar-refractivity contribution in [3.8, 4) is 0 Å². The summed E-state index contributed by atoms with van der Waals surface area (Å²) in [6.45, 7) is 3.08. The topological polar surface area (TPSA) is 61.4 Å². The van der Waals surface area contributed by atoms with Crippen LogP contribution in [0.1, 0.15) is 30.1 Å². The largest absolute Gasteiger partial charge is 0.353 e. The average molecular weight is 358 g/mol. The van der Waals surface area contributed by atoms with Gasteiger partial charge in [-0.2, -0.15) is 0 Å². The van der Waals surface area contributed by atoms with Gasteiger partial charge in [0.25, 0.3) is 5.91 Å². The fourth-order valence-corrected chi connectivity index (χ4v) is 2.85. The van der Waals surface area contributed by atoms with E-state index in [-0.39, 0.29) is 17.9 Å². The molecule has 126 valence electrons. The molecule has 1 aromatic carbocycles. The second-order valence-corrected chi connectivity index (χ2v) is 6.53. The molecule has 0 spiro atoms. The normalized spacial score (nSPS) is 18.8. The average Bonchev–Trinajstić information content (AvgIpc) is 3.03. The molecular formula is C16H21Cl2N3O2. The number of hydrogen-bond acceptors (Lipinski definition) is 3. The molecule has 1 aliphatic rings. The van der Waals surface area contributed by atoms with Crippen molar-refractivity contribution < 1.29 is 9.59 Å². The molecular weight excluding hydrogens is 337 g/mol. The molecule has 0 bridgehead atoms. The summed E-state index contributed by atoms with van der Waals surface area (Å²) in [5.41, 5.74) is 0.447. The van der Waals surface area contributed by atoms with Crippen molar-refractivity contribution in [2.45, 2.75) is 31.8 Å². The fraction of sp³-hybridized carbons (Fsp3) is 0.500. The van der Waals surface area contributed by atoms with Crippen LogP contribution in [-0.4, -0.2) is 48.9 Å². The quantitative estimate of drug-likeness (QED) is 0.849. The zero-order chi connectivity index (χ0) is 17.0. The first-order valence-corrected chi connectivity index (χ1v) is 8.40. The first-order chi connectivity index (χ1) is 10.9. The van der Waals surface area contributed by atoms with Crippen LogP contribution in [0, 0.1) is 0 Å². The Hall–Kier alpha value is -1.30.